The minimum absolute atomic E-state index is 0.112. The first-order valence-corrected chi connectivity index (χ1v) is 6.66. The van der Waals surface area contributed by atoms with Crippen LogP contribution < -0.4 is 5.32 Å². The number of anilines is 1. The lowest BCUT2D eigenvalue weighted by Gasteiger charge is -2.29. The van der Waals surface area contributed by atoms with Crippen molar-refractivity contribution in [3.05, 3.63) is 28.4 Å². The zero-order valence-electron chi connectivity index (χ0n) is 10.7. The van der Waals surface area contributed by atoms with Gasteiger partial charge in [-0.2, -0.15) is 0 Å². The maximum atomic E-state index is 11.4. The molecule has 7 heteroatoms. The normalized spacial score (nSPS) is 31.2. The molecule has 0 spiro atoms. The molecule has 20 heavy (non-hydrogen) atoms. The number of carbonyl (C=O) groups is 1. The van der Waals surface area contributed by atoms with E-state index >= 15 is 0 Å². The molecule has 0 radical (unpaired) electrons. The summed E-state index contributed by atoms with van der Waals surface area (Å²) in [6, 6.07) is 2.61. The quantitative estimate of drug-likeness (QED) is 0.643. The van der Waals surface area contributed by atoms with Gasteiger partial charge in [0.2, 0.25) is 5.82 Å². The molecule has 2 bridgehead atoms. The van der Waals surface area contributed by atoms with Gasteiger partial charge >= 0.3 is 11.7 Å². The highest BCUT2D eigenvalue weighted by atomic mass is 16.6. The smallest absolute Gasteiger partial charge is 0.311 e. The number of carboxylic acids is 1. The topological polar surface area (TPSA) is 105 Å². The Bertz CT molecular complexity index is 562. The minimum atomic E-state index is -0.826. The van der Waals surface area contributed by atoms with E-state index in [0.29, 0.717) is 0 Å². The average Bonchev–Trinajstić information content (AvgIpc) is 2.99. The van der Waals surface area contributed by atoms with E-state index in [1.54, 1.807) is 0 Å². The monoisotopic (exact) mass is 277 g/mol. The van der Waals surface area contributed by atoms with E-state index in [0.717, 1.165) is 19.3 Å². The molecule has 2 aliphatic rings. The Kier molecular flexibility index (Phi) is 3.04. The Morgan fingerprint density at radius 2 is 2.20 bits per heavy atom. The Labute approximate surface area is 115 Å². The molecule has 1 heterocycles. The fraction of sp³-hybridized carbons (Fsp3) is 0.538. The molecule has 2 saturated carbocycles. The SMILES string of the molecule is O=C(O)C1C2CCC(C2)C1Nc1ncccc1[N+](=O)[O-]. The molecule has 4 unspecified atom stereocenters. The van der Waals surface area contributed by atoms with Crippen molar-refractivity contribution in [2.24, 2.45) is 17.8 Å². The summed E-state index contributed by atoms with van der Waals surface area (Å²) in [4.78, 5) is 25.9. The van der Waals surface area contributed by atoms with Crippen LogP contribution in [0, 0.1) is 27.9 Å². The fourth-order valence-corrected chi connectivity index (χ4v) is 3.67. The van der Waals surface area contributed by atoms with E-state index in [4.69, 9.17) is 0 Å². The Hall–Kier alpha value is -2.18. The van der Waals surface area contributed by atoms with Gasteiger partial charge < -0.3 is 10.4 Å². The third-order valence-corrected chi connectivity index (χ3v) is 4.49. The molecule has 3 rings (SSSR count). The second-order valence-electron chi connectivity index (χ2n) is 5.50. The molecule has 0 aromatic carbocycles. The van der Waals surface area contributed by atoms with Crippen LogP contribution in [0.15, 0.2) is 18.3 Å². The average molecular weight is 277 g/mol. The van der Waals surface area contributed by atoms with Crippen LogP contribution >= 0.6 is 0 Å². The van der Waals surface area contributed by atoms with Crippen LogP contribution in [0.4, 0.5) is 11.5 Å². The first-order chi connectivity index (χ1) is 9.58. The van der Waals surface area contributed by atoms with Crippen molar-refractivity contribution in [1.82, 2.24) is 4.98 Å². The standard InChI is InChI=1S/C13H15N3O4/c17-13(18)10-7-3-4-8(6-7)11(10)15-12-9(16(19)20)2-1-5-14-12/h1-2,5,7-8,10-11H,3-4,6H2,(H,14,15)(H,17,18). The number of aromatic nitrogens is 1. The minimum Gasteiger partial charge on any atom is -0.481 e. The highest BCUT2D eigenvalue weighted by molar-refractivity contribution is 5.73. The van der Waals surface area contributed by atoms with E-state index in [9.17, 15) is 20.0 Å². The first kappa shape index (κ1) is 12.8. The van der Waals surface area contributed by atoms with E-state index in [2.05, 4.69) is 10.3 Å². The molecule has 1 aromatic rings. The predicted octanol–water partition coefficient (Wildman–Crippen LogP) is 1.90. The van der Waals surface area contributed by atoms with Crippen molar-refractivity contribution in [2.45, 2.75) is 25.3 Å². The van der Waals surface area contributed by atoms with Crippen LogP contribution in [0.1, 0.15) is 19.3 Å². The number of rotatable bonds is 4. The number of nitrogens with one attached hydrogen (secondary N) is 1. The summed E-state index contributed by atoms with van der Waals surface area (Å²) >= 11 is 0. The second-order valence-corrected chi connectivity index (χ2v) is 5.50. The maximum absolute atomic E-state index is 11.4. The third kappa shape index (κ3) is 1.99. The molecular formula is C13H15N3O4. The lowest BCUT2D eigenvalue weighted by atomic mass is 9.84. The van der Waals surface area contributed by atoms with E-state index < -0.39 is 16.8 Å². The van der Waals surface area contributed by atoms with Gasteiger partial charge in [0, 0.05) is 18.3 Å². The van der Waals surface area contributed by atoms with Crippen molar-refractivity contribution in [3.8, 4) is 0 Å². The van der Waals surface area contributed by atoms with Crippen molar-refractivity contribution in [1.29, 1.82) is 0 Å². The van der Waals surface area contributed by atoms with Gasteiger partial charge in [0.1, 0.15) is 0 Å². The predicted molar refractivity (Wildman–Crippen MR) is 70.3 cm³/mol. The fourth-order valence-electron chi connectivity index (χ4n) is 3.67. The summed E-state index contributed by atoms with van der Waals surface area (Å²) in [5.41, 5.74) is -0.112. The third-order valence-electron chi connectivity index (χ3n) is 4.49. The molecule has 2 N–H and O–H groups in total. The van der Waals surface area contributed by atoms with Crippen LogP contribution in [0.2, 0.25) is 0 Å². The van der Waals surface area contributed by atoms with E-state index in [1.807, 2.05) is 0 Å². The maximum Gasteiger partial charge on any atom is 0.311 e. The summed E-state index contributed by atoms with van der Waals surface area (Å²) in [5.74, 6) is -0.689. The van der Waals surface area contributed by atoms with Gasteiger partial charge in [-0.3, -0.25) is 14.9 Å². The van der Waals surface area contributed by atoms with Gasteiger partial charge in [-0.1, -0.05) is 0 Å². The largest absolute Gasteiger partial charge is 0.481 e. The molecule has 0 aliphatic heterocycles. The van der Waals surface area contributed by atoms with Gasteiger partial charge in [0.05, 0.1) is 10.8 Å². The lowest BCUT2D eigenvalue weighted by Crippen LogP contribution is -2.39. The zero-order valence-corrected chi connectivity index (χ0v) is 10.7. The first-order valence-electron chi connectivity index (χ1n) is 6.66. The molecule has 1 aromatic heterocycles. The highest BCUT2D eigenvalue weighted by Gasteiger charge is 2.51. The van der Waals surface area contributed by atoms with E-state index in [-0.39, 0.29) is 29.4 Å². The summed E-state index contributed by atoms with van der Waals surface area (Å²) in [7, 11) is 0. The number of nitro groups is 1. The van der Waals surface area contributed by atoms with Crippen molar-refractivity contribution >= 4 is 17.5 Å². The number of hydrogen-bond acceptors (Lipinski definition) is 5. The van der Waals surface area contributed by atoms with Gasteiger partial charge in [0.25, 0.3) is 0 Å². The van der Waals surface area contributed by atoms with Gasteiger partial charge in [-0.25, -0.2) is 4.98 Å². The number of nitrogens with zero attached hydrogens (tertiary/aromatic N) is 2. The molecule has 0 saturated heterocycles. The van der Waals surface area contributed by atoms with Crippen LogP contribution in [0.25, 0.3) is 0 Å². The molecular weight excluding hydrogens is 262 g/mol. The summed E-state index contributed by atoms with van der Waals surface area (Å²) in [6.07, 6.45) is 4.27. The summed E-state index contributed by atoms with van der Waals surface area (Å²) in [6.45, 7) is 0. The van der Waals surface area contributed by atoms with E-state index in [1.165, 1.54) is 18.3 Å². The van der Waals surface area contributed by atoms with Gasteiger partial charge in [-0.15, -0.1) is 0 Å². The van der Waals surface area contributed by atoms with Crippen molar-refractivity contribution < 1.29 is 14.8 Å². The van der Waals surface area contributed by atoms with Crippen LogP contribution in [-0.2, 0) is 4.79 Å². The van der Waals surface area contributed by atoms with Crippen LogP contribution in [-0.4, -0.2) is 27.0 Å². The van der Waals surface area contributed by atoms with Crippen molar-refractivity contribution in [2.75, 3.05) is 5.32 Å². The Balaban J connectivity index is 1.87. The Morgan fingerprint density at radius 1 is 1.45 bits per heavy atom. The molecule has 0 amide bonds. The zero-order chi connectivity index (χ0) is 14.3. The number of pyridine rings is 1. The second kappa shape index (κ2) is 4.73. The molecule has 7 nitrogen and oxygen atoms in total. The molecule has 2 aliphatic carbocycles. The van der Waals surface area contributed by atoms with Crippen LogP contribution in [0.3, 0.4) is 0 Å². The summed E-state index contributed by atoms with van der Waals surface area (Å²) < 4.78 is 0. The van der Waals surface area contributed by atoms with Crippen molar-refractivity contribution in [3.63, 3.8) is 0 Å². The van der Waals surface area contributed by atoms with Gasteiger partial charge in [0.15, 0.2) is 0 Å². The highest BCUT2D eigenvalue weighted by Crippen LogP contribution is 2.49. The summed E-state index contributed by atoms with van der Waals surface area (Å²) in [5, 5.41) is 23.4. The molecule has 106 valence electrons. The number of fused-ring (bicyclic) bond motifs is 2. The lowest BCUT2D eigenvalue weighted by molar-refractivity contribution is -0.384. The Morgan fingerprint density at radius 3 is 2.90 bits per heavy atom. The number of carboxylic acid groups (broad SMARTS) is 1. The molecule has 2 fully saturated rings. The van der Waals surface area contributed by atoms with Gasteiger partial charge in [-0.05, 0) is 37.2 Å². The number of aliphatic carboxylic acids is 1. The number of hydrogen-bond donors (Lipinski definition) is 2. The molecule has 4 atom stereocenters. The van der Waals surface area contributed by atoms with Crippen LogP contribution in [0.5, 0.6) is 0 Å².